The van der Waals surface area contributed by atoms with Crippen LogP contribution in [0.5, 0.6) is 0 Å². The highest BCUT2D eigenvalue weighted by Gasteiger charge is 2.10. The predicted octanol–water partition coefficient (Wildman–Crippen LogP) is 1.71. The van der Waals surface area contributed by atoms with Gasteiger partial charge in [-0.25, -0.2) is 4.98 Å². The summed E-state index contributed by atoms with van der Waals surface area (Å²) >= 11 is 3.30. The summed E-state index contributed by atoms with van der Waals surface area (Å²) < 4.78 is 6.89. The van der Waals surface area contributed by atoms with Gasteiger partial charge in [-0.2, -0.15) is 0 Å². The molecule has 0 bridgehead atoms. The molecule has 5 nitrogen and oxygen atoms in total. The van der Waals surface area contributed by atoms with Crippen LogP contribution in [0.2, 0.25) is 0 Å². The van der Waals surface area contributed by atoms with Crippen molar-refractivity contribution in [2.75, 3.05) is 13.7 Å². The van der Waals surface area contributed by atoms with Crippen molar-refractivity contribution < 1.29 is 4.74 Å². The monoisotopic (exact) mass is 309 g/mol. The minimum absolute atomic E-state index is 0.124. The van der Waals surface area contributed by atoms with E-state index in [4.69, 9.17) is 4.74 Å². The van der Waals surface area contributed by atoms with Gasteiger partial charge in [-0.1, -0.05) is 0 Å². The van der Waals surface area contributed by atoms with Crippen LogP contribution in [0.4, 0.5) is 0 Å². The molecule has 0 N–H and O–H groups in total. The maximum atomic E-state index is 12.1. The first kappa shape index (κ1) is 12.9. The molecule has 2 aromatic heterocycles. The van der Waals surface area contributed by atoms with E-state index in [0.29, 0.717) is 23.3 Å². The normalized spacial score (nSPS) is 10.6. The lowest BCUT2D eigenvalue weighted by Crippen LogP contribution is -2.23. The van der Waals surface area contributed by atoms with Gasteiger partial charge in [0.25, 0.3) is 5.56 Å². The van der Waals surface area contributed by atoms with E-state index in [2.05, 4.69) is 25.9 Å². The summed E-state index contributed by atoms with van der Waals surface area (Å²) in [6.07, 6.45) is 4.87. The molecule has 0 spiro atoms. The van der Waals surface area contributed by atoms with E-state index in [1.165, 1.54) is 10.9 Å². The molecular weight excluding hydrogens is 298 g/mol. The number of halogens is 1. The third kappa shape index (κ3) is 2.65. The fraction of sp³-hybridized carbons (Fsp3) is 0.250. The van der Waals surface area contributed by atoms with Crippen LogP contribution in [-0.4, -0.2) is 28.3 Å². The van der Waals surface area contributed by atoms with Crippen molar-refractivity contribution in [2.24, 2.45) is 0 Å². The van der Waals surface area contributed by atoms with E-state index in [1.54, 1.807) is 25.6 Å². The lowest BCUT2D eigenvalue weighted by atomic mass is 10.2. The molecule has 2 heterocycles. The van der Waals surface area contributed by atoms with Gasteiger partial charge in [0.15, 0.2) is 0 Å². The van der Waals surface area contributed by atoms with Crippen LogP contribution in [0.15, 0.2) is 40.1 Å². The van der Waals surface area contributed by atoms with E-state index in [0.717, 1.165) is 5.56 Å². The number of pyridine rings is 1. The van der Waals surface area contributed by atoms with E-state index in [-0.39, 0.29) is 5.56 Å². The molecule has 2 aromatic rings. The van der Waals surface area contributed by atoms with Gasteiger partial charge in [-0.15, -0.1) is 0 Å². The van der Waals surface area contributed by atoms with Gasteiger partial charge in [0.1, 0.15) is 4.47 Å². The van der Waals surface area contributed by atoms with Crippen molar-refractivity contribution in [3.05, 3.63) is 45.7 Å². The summed E-state index contributed by atoms with van der Waals surface area (Å²) in [5, 5.41) is 0. The fourth-order valence-corrected chi connectivity index (χ4v) is 2.08. The van der Waals surface area contributed by atoms with Gasteiger partial charge in [0, 0.05) is 25.1 Å². The molecule has 18 heavy (non-hydrogen) atoms. The van der Waals surface area contributed by atoms with Crippen LogP contribution in [0.3, 0.4) is 0 Å². The van der Waals surface area contributed by atoms with Gasteiger partial charge in [0.2, 0.25) is 0 Å². The van der Waals surface area contributed by atoms with Gasteiger partial charge in [-0.3, -0.25) is 14.3 Å². The first-order valence-corrected chi connectivity index (χ1v) is 6.17. The minimum Gasteiger partial charge on any atom is -0.383 e. The Labute approximate surface area is 113 Å². The first-order chi connectivity index (χ1) is 8.74. The Kier molecular flexibility index (Phi) is 4.22. The van der Waals surface area contributed by atoms with Crippen molar-refractivity contribution >= 4 is 15.9 Å². The van der Waals surface area contributed by atoms with Crippen LogP contribution in [-0.2, 0) is 11.3 Å². The smallest absolute Gasteiger partial charge is 0.268 e. The molecule has 0 aliphatic heterocycles. The molecule has 94 valence electrons. The number of hydrogen-bond acceptors (Lipinski definition) is 4. The maximum Gasteiger partial charge on any atom is 0.268 e. The van der Waals surface area contributed by atoms with Gasteiger partial charge in [0.05, 0.1) is 25.2 Å². The Hall–Kier alpha value is -1.53. The molecule has 2 rings (SSSR count). The number of nitrogens with zero attached hydrogens (tertiary/aromatic N) is 3. The highest BCUT2D eigenvalue weighted by atomic mass is 79.9. The summed E-state index contributed by atoms with van der Waals surface area (Å²) in [4.78, 5) is 20.4. The summed E-state index contributed by atoms with van der Waals surface area (Å²) in [6.45, 7) is 0.953. The van der Waals surface area contributed by atoms with E-state index >= 15 is 0 Å². The van der Waals surface area contributed by atoms with E-state index < -0.39 is 0 Å². The Morgan fingerprint density at radius 1 is 1.50 bits per heavy atom. The number of aromatic nitrogens is 3. The van der Waals surface area contributed by atoms with Crippen molar-refractivity contribution in [3.63, 3.8) is 0 Å². The molecule has 0 atom stereocenters. The second-order valence-electron chi connectivity index (χ2n) is 3.64. The number of ether oxygens (including phenoxy) is 1. The summed E-state index contributed by atoms with van der Waals surface area (Å²) in [7, 11) is 1.59. The summed E-state index contributed by atoms with van der Waals surface area (Å²) in [6, 6.07) is 3.67. The topological polar surface area (TPSA) is 57.0 Å². The third-order valence-electron chi connectivity index (χ3n) is 2.45. The van der Waals surface area contributed by atoms with Crippen LogP contribution >= 0.6 is 15.9 Å². The second kappa shape index (κ2) is 5.88. The molecular formula is C12H12BrN3O2. The van der Waals surface area contributed by atoms with Crippen molar-refractivity contribution in [1.29, 1.82) is 0 Å². The van der Waals surface area contributed by atoms with Gasteiger partial charge >= 0.3 is 0 Å². The summed E-state index contributed by atoms with van der Waals surface area (Å²) in [5.41, 5.74) is 1.28. The van der Waals surface area contributed by atoms with Crippen LogP contribution in [0.1, 0.15) is 0 Å². The first-order valence-electron chi connectivity index (χ1n) is 5.38. The molecule has 6 heteroatoms. The average molecular weight is 310 g/mol. The zero-order chi connectivity index (χ0) is 13.0. The van der Waals surface area contributed by atoms with Crippen LogP contribution < -0.4 is 5.56 Å². The van der Waals surface area contributed by atoms with Crippen LogP contribution in [0.25, 0.3) is 11.3 Å². The highest BCUT2D eigenvalue weighted by Crippen LogP contribution is 2.21. The molecule has 0 amide bonds. The lowest BCUT2D eigenvalue weighted by molar-refractivity contribution is 0.186. The molecule has 0 saturated heterocycles. The fourth-order valence-electron chi connectivity index (χ4n) is 1.52. The highest BCUT2D eigenvalue weighted by molar-refractivity contribution is 9.10. The maximum absolute atomic E-state index is 12.1. The standard InChI is InChI=1S/C12H12BrN3O2/c1-18-6-5-16-8-15-11(10(13)12(16)17)9-3-2-4-14-7-9/h2-4,7-8H,5-6H2,1H3. The SMILES string of the molecule is COCCn1cnc(-c2cccnc2)c(Br)c1=O. The van der Waals surface area contributed by atoms with Crippen molar-refractivity contribution in [1.82, 2.24) is 14.5 Å². The lowest BCUT2D eigenvalue weighted by Gasteiger charge is -2.08. The van der Waals surface area contributed by atoms with Crippen LogP contribution in [0, 0.1) is 0 Å². The number of hydrogen-bond donors (Lipinski definition) is 0. The van der Waals surface area contributed by atoms with Gasteiger partial charge < -0.3 is 4.74 Å². The Morgan fingerprint density at radius 3 is 3.00 bits per heavy atom. The second-order valence-corrected chi connectivity index (χ2v) is 4.43. The zero-order valence-electron chi connectivity index (χ0n) is 9.84. The average Bonchev–Trinajstić information content (AvgIpc) is 2.41. The molecule has 0 saturated carbocycles. The minimum atomic E-state index is -0.124. The zero-order valence-corrected chi connectivity index (χ0v) is 11.4. The Morgan fingerprint density at radius 2 is 2.33 bits per heavy atom. The van der Waals surface area contributed by atoms with E-state index in [1.807, 2.05) is 6.07 Å². The number of rotatable bonds is 4. The third-order valence-corrected chi connectivity index (χ3v) is 3.17. The molecule has 0 aliphatic rings. The predicted molar refractivity (Wildman–Crippen MR) is 71.3 cm³/mol. The van der Waals surface area contributed by atoms with Crippen molar-refractivity contribution in [3.8, 4) is 11.3 Å². The quantitative estimate of drug-likeness (QED) is 0.863. The molecule has 0 radical (unpaired) electrons. The molecule has 0 fully saturated rings. The largest absolute Gasteiger partial charge is 0.383 e. The summed E-state index contributed by atoms with van der Waals surface area (Å²) in [5.74, 6) is 0. The number of methoxy groups -OCH3 is 1. The van der Waals surface area contributed by atoms with Gasteiger partial charge in [-0.05, 0) is 28.1 Å². The molecule has 0 aliphatic carbocycles. The molecule has 0 aromatic carbocycles. The Balaban J connectivity index is 2.41. The van der Waals surface area contributed by atoms with Crippen molar-refractivity contribution in [2.45, 2.75) is 6.54 Å². The molecule has 0 unspecified atom stereocenters. The van der Waals surface area contributed by atoms with E-state index in [9.17, 15) is 4.79 Å². The Bertz CT molecular complexity index is 584.